The summed E-state index contributed by atoms with van der Waals surface area (Å²) in [7, 11) is 3.79. The quantitative estimate of drug-likeness (QED) is 0.778. The Labute approximate surface area is 148 Å². The van der Waals surface area contributed by atoms with Gasteiger partial charge < -0.3 is 14.7 Å². The maximum absolute atomic E-state index is 13.8. The van der Waals surface area contributed by atoms with E-state index in [4.69, 9.17) is 0 Å². The number of anilines is 2. The molecule has 0 bridgehead atoms. The second-order valence-corrected chi connectivity index (χ2v) is 6.17. The number of hydrogen-bond donors (Lipinski definition) is 0. The molecule has 6 nitrogen and oxygen atoms in total. The van der Waals surface area contributed by atoms with Crippen molar-refractivity contribution in [2.45, 2.75) is 0 Å². The fourth-order valence-electron chi connectivity index (χ4n) is 2.74. The van der Waals surface area contributed by atoms with E-state index in [0.717, 1.165) is 17.8 Å². The fraction of sp³-hybridized carbons (Fsp3) is 0.353. The topological polar surface area (TPSA) is 52.6 Å². The summed E-state index contributed by atoms with van der Waals surface area (Å²) < 4.78 is 40.2. The van der Waals surface area contributed by atoms with Gasteiger partial charge in [0.05, 0.1) is 17.4 Å². The molecule has 0 unspecified atom stereocenters. The molecule has 2 heterocycles. The molecular formula is C17H18F3N5O. The highest BCUT2D eigenvalue weighted by molar-refractivity contribution is 5.94. The van der Waals surface area contributed by atoms with Gasteiger partial charge in [0, 0.05) is 46.3 Å². The van der Waals surface area contributed by atoms with Crippen LogP contribution in [0.25, 0.3) is 0 Å². The maximum Gasteiger partial charge on any atom is 0.257 e. The monoisotopic (exact) mass is 365 g/mol. The van der Waals surface area contributed by atoms with Crippen LogP contribution in [0, 0.1) is 17.5 Å². The second-order valence-electron chi connectivity index (χ2n) is 6.17. The molecule has 1 fully saturated rings. The number of amides is 1. The third-order valence-corrected chi connectivity index (χ3v) is 4.30. The third kappa shape index (κ3) is 3.42. The van der Waals surface area contributed by atoms with Crippen LogP contribution in [0.2, 0.25) is 0 Å². The van der Waals surface area contributed by atoms with E-state index < -0.39 is 28.9 Å². The Bertz CT molecular complexity index is 822. The first-order valence-electron chi connectivity index (χ1n) is 8.06. The molecule has 0 radical (unpaired) electrons. The molecule has 0 spiro atoms. The summed E-state index contributed by atoms with van der Waals surface area (Å²) in [6, 6.07) is 3.61. The Morgan fingerprint density at radius 2 is 1.77 bits per heavy atom. The normalized spacial score (nSPS) is 14.5. The van der Waals surface area contributed by atoms with E-state index in [2.05, 4.69) is 10.2 Å². The predicted octanol–water partition coefficient (Wildman–Crippen LogP) is 1.92. The molecule has 1 amide bonds. The van der Waals surface area contributed by atoms with Gasteiger partial charge in [-0.05, 0) is 12.1 Å². The highest BCUT2D eigenvalue weighted by atomic mass is 19.2. The molecule has 0 aliphatic carbocycles. The van der Waals surface area contributed by atoms with Crippen molar-refractivity contribution >= 4 is 17.4 Å². The Morgan fingerprint density at radius 3 is 2.42 bits per heavy atom. The zero-order chi connectivity index (χ0) is 18.8. The summed E-state index contributed by atoms with van der Waals surface area (Å²) in [5, 5.41) is 8.08. The Kier molecular flexibility index (Phi) is 4.97. The van der Waals surface area contributed by atoms with Crippen molar-refractivity contribution < 1.29 is 18.0 Å². The van der Waals surface area contributed by atoms with Gasteiger partial charge in [-0.15, -0.1) is 5.10 Å². The lowest BCUT2D eigenvalue weighted by Crippen LogP contribution is -2.49. The number of halogens is 3. The van der Waals surface area contributed by atoms with Crippen LogP contribution >= 0.6 is 0 Å². The highest BCUT2D eigenvalue weighted by Crippen LogP contribution is 2.21. The lowest BCUT2D eigenvalue weighted by atomic mass is 10.1. The molecule has 3 rings (SSSR count). The number of aromatic nitrogens is 2. The van der Waals surface area contributed by atoms with E-state index in [1.165, 1.54) is 4.90 Å². The van der Waals surface area contributed by atoms with E-state index >= 15 is 0 Å². The number of piperazine rings is 1. The van der Waals surface area contributed by atoms with E-state index in [1.807, 2.05) is 30.0 Å². The number of carbonyl (C=O) groups excluding carboxylic acids is 1. The van der Waals surface area contributed by atoms with Gasteiger partial charge in [0.1, 0.15) is 0 Å². The molecule has 0 saturated carbocycles. The largest absolute Gasteiger partial charge is 0.376 e. The van der Waals surface area contributed by atoms with Gasteiger partial charge in [0.25, 0.3) is 5.91 Å². The zero-order valence-electron chi connectivity index (χ0n) is 14.4. The van der Waals surface area contributed by atoms with E-state index in [-0.39, 0.29) is 0 Å². The smallest absolute Gasteiger partial charge is 0.257 e. The van der Waals surface area contributed by atoms with Crippen LogP contribution in [-0.4, -0.2) is 61.3 Å². The summed E-state index contributed by atoms with van der Waals surface area (Å²) in [6.45, 7) is 1.57. The number of carbonyl (C=O) groups is 1. The Balaban J connectivity index is 1.70. The number of rotatable bonds is 3. The Hall–Kier alpha value is -2.84. The molecular weight excluding hydrogens is 347 g/mol. The van der Waals surface area contributed by atoms with Crippen molar-refractivity contribution in [1.29, 1.82) is 0 Å². The summed E-state index contributed by atoms with van der Waals surface area (Å²) in [5.74, 6) is -4.38. The highest BCUT2D eigenvalue weighted by Gasteiger charge is 2.27. The van der Waals surface area contributed by atoms with Crippen molar-refractivity contribution in [3.05, 3.63) is 47.4 Å². The lowest BCUT2D eigenvalue weighted by Gasteiger charge is -2.35. The van der Waals surface area contributed by atoms with Gasteiger partial charge in [0.2, 0.25) is 0 Å². The van der Waals surface area contributed by atoms with E-state index in [1.54, 1.807) is 6.20 Å². The summed E-state index contributed by atoms with van der Waals surface area (Å²) >= 11 is 0. The molecule has 1 saturated heterocycles. The van der Waals surface area contributed by atoms with Crippen LogP contribution in [-0.2, 0) is 0 Å². The van der Waals surface area contributed by atoms with Crippen molar-refractivity contribution in [1.82, 2.24) is 15.1 Å². The van der Waals surface area contributed by atoms with Crippen LogP contribution in [0.1, 0.15) is 10.4 Å². The molecule has 1 aliphatic rings. The lowest BCUT2D eigenvalue weighted by molar-refractivity contribution is 0.0740. The zero-order valence-corrected chi connectivity index (χ0v) is 14.4. The van der Waals surface area contributed by atoms with Crippen molar-refractivity contribution in [3.8, 4) is 0 Å². The average molecular weight is 365 g/mol. The van der Waals surface area contributed by atoms with Gasteiger partial charge in [-0.2, -0.15) is 5.10 Å². The number of nitrogens with zero attached hydrogens (tertiary/aromatic N) is 5. The molecule has 9 heteroatoms. The molecule has 0 atom stereocenters. The predicted molar refractivity (Wildman–Crippen MR) is 90.8 cm³/mol. The first-order valence-corrected chi connectivity index (χ1v) is 8.06. The number of benzene rings is 1. The summed E-state index contributed by atoms with van der Waals surface area (Å²) in [5.41, 5.74) is 0.434. The first-order chi connectivity index (χ1) is 12.4. The second kappa shape index (κ2) is 7.19. The van der Waals surface area contributed by atoms with Crippen LogP contribution < -0.4 is 9.80 Å². The standard InChI is InChI=1S/C17H18F3N5O/c1-23(2)11-9-14(22-21-10-11)24-5-7-25(8-6-24)17(26)12-3-4-13(18)16(20)15(12)19/h3-4,9-10H,5-8H2,1-2H3. The van der Waals surface area contributed by atoms with Gasteiger partial charge in [-0.1, -0.05) is 0 Å². The minimum atomic E-state index is -1.63. The van der Waals surface area contributed by atoms with Crippen LogP contribution in [0.15, 0.2) is 24.4 Å². The Morgan fingerprint density at radius 1 is 1.08 bits per heavy atom. The minimum Gasteiger partial charge on any atom is -0.376 e. The van der Waals surface area contributed by atoms with Gasteiger partial charge >= 0.3 is 0 Å². The molecule has 26 heavy (non-hydrogen) atoms. The molecule has 1 aliphatic heterocycles. The first kappa shape index (κ1) is 18.0. The third-order valence-electron chi connectivity index (χ3n) is 4.30. The van der Waals surface area contributed by atoms with Crippen molar-refractivity contribution in [2.75, 3.05) is 50.1 Å². The van der Waals surface area contributed by atoms with Crippen LogP contribution in [0.3, 0.4) is 0 Å². The molecule has 138 valence electrons. The van der Waals surface area contributed by atoms with E-state index in [0.29, 0.717) is 32.0 Å². The SMILES string of the molecule is CN(C)c1cnnc(N2CCN(C(=O)c3ccc(F)c(F)c3F)CC2)c1. The molecule has 1 aromatic heterocycles. The fourth-order valence-corrected chi connectivity index (χ4v) is 2.74. The summed E-state index contributed by atoms with van der Waals surface area (Å²) in [4.78, 5) is 17.7. The molecule has 1 aromatic carbocycles. The summed E-state index contributed by atoms with van der Waals surface area (Å²) in [6.07, 6.45) is 1.65. The number of hydrogen-bond acceptors (Lipinski definition) is 5. The maximum atomic E-state index is 13.8. The van der Waals surface area contributed by atoms with Crippen LogP contribution in [0.5, 0.6) is 0 Å². The average Bonchev–Trinajstić information content (AvgIpc) is 2.66. The van der Waals surface area contributed by atoms with Gasteiger partial charge in [-0.25, -0.2) is 13.2 Å². The van der Waals surface area contributed by atoms with E-state index in [9.17, 15) is 18.0 Å². The van der Waals surface area contributed by atoms with Gasteiger partial charge in [-0.3, -0.25) is 4.79 Å². The minimum absolute atomic E-state index is 0.311. The molecule has 2 aromatic rings. The van der Waals surface area contributed by atoms with Crippen molar-refractivity contribution in [3.63, 3.8) is 0 Å². The van der Waals surface area contributed by atoms with Crippen molar-refractivity contribution in [2.24, 2.45) is 0 Å². The van der Waals surface area contributed by atoms with Gasteiger partial charge in [0.15, 0.2) is 23.3 Å². The molecule has 0 N–H and O–H groups in total. The van der Waals surface area contributed by atoms with Crippen LogP contribution in [0.4, 0.5) is 24.7 Å².